The number of carboxylic acid groups (broad SMARTS) is 1. The van der Waals surface area contributed by atoms with Crippen molar-refractivity contribution in [2.24, 2.45) is 0 Å². The number of carbonyl (C=O) groups is 1. The molecular formula is C23H32F3N3O5Si. The highest BCUT2D eigenvalue weighted by atomic mass is 28.3. The molecule has 194 valence electrons. The number of ether oxygens (including phenoxy) is 2. The summed E-state index contributed by atoms with van der Waals surface area (Å²) >= 11 is 0. The van der Waals surface area contributed by atoms with Gasteiger partial charge in [-0.2, -0.15) is 18.3 Å². The van der Waals surface area contributed by atoms with Crippen LogP contribution in [0, 0.1) is 0 Å². The molecular weight excluding hydrogens is 483 g/mol. The van der Waals surface area contributed by atoms with Crippen molar-refractivity contribution in [3.63, 3.8) is 0 Å². The van der Waals surface area contributed by atoms with Crippen LogP contribution in [0.1, 0.15) is 17.5 Å². The van der Waals surface area contributed by atoms with Crippen molar-refractivity contribution in [2.45, 2.75) is 57.5 Å². The fourth-order valence-electron chi connectivity index (χ4n) is 3.15. The zero-order valence-electron chi connectivity index (χ0n) is 20.1. The molecule has 0 radical (unpaired) electrons. The van der Waals surface area contributed by atoms with Crippen LogP contribution in [-0.2, 0) is 33.6 Å². The van der Waals surface area contributed by atoms with E-state index in [9.17, 15) is 22.8 Å². The van der Waals surface area contributed by atoms with E-state index in [0.717, 1.165) is 17.8 Å². The van der Waals surface area contributed by atoms with Gasteiger partial charge in [-0.3, -0.25) is 9.59 Å². The number of nitrogens with zero attached hydrogens (tertiary/aromatic N) is 2. The lowest BCUT2D eigenvalue weighted by Crippen LogP contribution is -2.36. The number of aliphatic carboxylic acids is 1. The average Bonchev–Trinajstić information content (AvgIpc) is 2.74. The quantitative estimate of drug-likeness (QED) is 0.289. The molecule has 0 fully saturated rings. The number of carboxylic acids is 1. The summed E-state index contributed by atoms with van der Waals surface area (Å²) in [4.78, 5) is 23.4. The topological polar surface area (TPSA) is 103 Å². The van der Waals surface area contributed by atoms with Gasteiger partial charge in [0.05, 0.1) is 37.6 Å². The van der Waals surface area contributed by atoms with Crippen LogP contribution in [0.15, 0.2) is 41.3 Å². The highest BCUT2D eigenvalue weighted by Crippen LogP contribution is 2.32. The number of hydrogen-bond donors (Lipinski definition) is 2. The number of benzene rings is 1. The third-order valence-corrected chi connectivity index (χ3v) is 6.71. The molecule has 12 heteroatoms. The number of hydrogen-bond acceptors (Lipinski definition) is 6. The number of anilines is 1. The van der Waals surface area contributed by atoms with E-state index in [1.807, 2.05) is 18.2 Å². The maximum absolute atomic E-state index is 13.9. The molecule has 2 rings (SSSR count). The zero-order chi connectivity index (χ0) is 26.1. The van der Waals surface area contributed by atoms with Gasteiger partial charge in [-0.15, -0.1) is 0 Å². The SMILES string of the molecule is C[Si](C)(C)CCOCn1ncc(NC(COCCC(=O)O)Cc2ccccc2)c(C(F)(F)F)c1=O. The van der Waals surface area contributed by atoms with Crippen molar-refractivity contribution in [1.29, 1.82) is 0 Å². The first-order chi connectivity index (χ1) is 16.4. The van der Waals surface area contributed by atoms with Gasteiger partial charge in [-0.1, -0.05) is 50.0 Å². The van der Waals surface area contributed by atoms with Crippen LogP contribution in [0.2, 0.25) is 25.7 Å². The summed E-state index contributed by atoms with van der Waals surface area (Å²) in [6.45, 7) is 6.21. The maximum atomic E-state index is 13.9. The van der Waals surface area contributed by atoms with Gasteiger partial charge in [0.25, 0.3) is 5.56 Å². The number of halogens is 3. The molecule has 0 saturated carbocycles. The number of nitrogens with one attached hydrogen (secondary N) is 1. The second-order valence-corrected chi connectivity index (χ2v) is 15.0. The van der Waals surface area contributed by atoms with Crippen molar-refractivity contribution in [1.82, 2.24) is 9.78 Å². The third kappa shape index (κ3) is 10.2. The molecule has 1 aromatic heterocycles. The van der Waals surface area contributed by atoms with Gasteiger partial charge in [0.2, 0.25) is 0 Å². The monoisotopic (exact) mass is 515 g/mol. The zero-order valence-corrected chi connectivity index (χ0v) is 21.1. The van der Waals surface area contributed by atoms with Crippen molar-refractivity contribution >= 4 is 19.7 Å². The lowest BCUT2D eigenvalue weighted by molar-refractivity contribution is -0.139. The molecule has 35 heavy (non-hydrogen) atoms. The second kappa shape index (κ2) is 12.8. The molecule has 1 unspecified atom stereocenters. The molecule has 0 amide bonds. The minimum Gasteiger partial charge on any atom is -0.481 e. The number of aromatic nitrogens is 2. The predicted molar refractivity (Wildman–Crippen MR) is 128 cm³/mol. The van der Waals surface area contributed by atoms with E-state index in [4.69, 9.17) is 14.6 Å². The first-order valence-electron chi connectivity index (χ1n) is 11.2. The Morgan fingerprint density at radius 1 is 1.17 bits per heavy atom. The van der Waals surface area contributed by atoms with Crippen molar-refractivity contribution < 1.29 is 32.5 Å². The minimum absolute atomic E-state index is 0.0671. The molecule has 1 aromatic carbocycles. The molecule has 0 aliphatic rings. The van der Waals surface area contributed by atoms with Crippen LogP contribution in [0.25, 0.3) is 0 Å². The van der Waals surface area contributed by atoms with Crippen molar-refractivity contribution in [3.05, 3.63) is 58.0 Å². The largest absolute Gasteiger partial charge is 0.481 e. The Labute approximate surface area is 203 Å². The van der Waals surface area contributed by atoms with E-state index in [-0.39, 0.29) is 32.8 Å². The third-order valence-electron chi connectivity index (χ3n) is 5.00. The highest BCUT2D eigenvalue weighted by Gasteiger charge is 2.38. The van der Waals surface area contributed by atoms with Gasteiger partial charge in [0.1, 0.15) is 12.3 Å². The van der Waals surface area contributed by atoms with Crippen LogP contribution in [-0.4, -0.2) is 54.8 Å². The van der Waals surface area contributed by atoms with Gasteiger partial charge in [-0.05, 0) is 18.0 Å². The van der Waals surface area contributed by atoms with E-state index in [0.29, 0.717) is 11.3 Å². The van der Waals surface area contributed by atoms with Crippen LogP contribution in [0.5, 0.6) is 0 Å². The Morgan fingerprint density at radius 3 is 2.46 bits per heavy atom. The summed E-state index contributed by atoms with van der Waals surface area (Å²) in [7, 11) is -1.40. The van der Waals surface area contributed by atoms with E-state index in [1.165, 1.54) is 0 Å². The Kier molecular flexibility index (Phi) is 10.5. The van der Waals surface area contributed by atoms with E-state index >= 15 is 0 Å². The van der Waals surface area contributed by atoms with Crippen LogP contribution in [0.3, 0.4) is 0 Å². The molecule has 0 spiro atoms. The van der Waals surface area contributed by atoms with Crippen LogP contribution < -0.4 is 10.9 Å². The summed E-state index contributed by atoms with van der Waals surface area (Å²) in [5.74, 6) is -1.04. The van der Waals surface area contributed by atoms with Gasteiger partial charge in [0, 0.05) is 14.7 Å². The fraction of sp³-hybridized carbons (Fsp3) is 0.522. The summed E-state index contributed by atoms with van der Waals surface area (Å²) < 4.78 is 53.1. The van der Waals surface area contributed by atoms with E-state index in [2.05, 4.69) is 30.1 Å². The lowest BCUT2D eigenvalue weighted by Gasteiger charge is -2.23. The maximum Gasteiger partial charge on any atom is 0.423 e. The van der Waals surface area contributed by atoms with Gasteiger partial charge >= 0.3 is 12.1 Å². The Hall–Kier alpha value is -2.70. The molecule has 0 aliphatic heterocycles. The van der Waals surface area contributed by atoms with Gasteiger partial charge in [-0.25, -0.2) is 4.68 Å². The number of alkyl halides is 3. The molecule has 0 saturated heterocycles. The molecule has 1 atom stereocenters. The summed E-state index contributed by atoms with van der Waals surface area (Å²) in [5.41, 5.74) is -2.31. The Bertz CT molecular complexity index is 1010. The van der Waals surface area contributed by atoms with E-state index < -0.39 is 43.1 Å². The molecule has 2 aromatic rings. The second-order valence-electron chi connectivity index (χ2n) is 9.33. The van der Waals surface area contributed by atoms with E-state index in [1.54, 1.807) is 12.1 Å². The highest BCUT2D eigenvalue weighted by molar-refractivity contribution is 6.76. The summed E-state index contributed by atoms with van der Waals surface area (Å²) in [6, 6.07) is 9.16. The Morgan fingerprint density at radius 2 is 1.86 bits per heavy atom. The molecule has 0 bridgehead atoms. The molecule has 8 nitrogen and oxygen atoms in total. The molecule has 2 N–H and O–H groups in total. The standard InChI is InChI=1S/C23H32F3N3O5Si/c1-35(2,3)12-11-34-16-29-22(32)21(23(24,25)26)19(14-27-29)28-18(15-33-10-9-20(30)31)13-17-7-5-4-6-8-17/h4-8,14,18,28H,9-13,15-16H2,1-3H3,(H,30,31). The minimum atomic E-state index is -4.93. The molecule has 1 heterocycles. The average molecular weight is 516 g/mol. The smallest absolute Gasteiger partial charge is 0.423 e. The predicted octanol–water partition coefficient (Wildman–Crippen LogP) is 4.09. The first kappa shape index (κ1) is 28.5. The summed E-state index contributed by atoms with van der Waals surface area (Å²) in [5, 5.41) is 15.4. The normalized spacial score (nSPS) is 13.0. The molecule has 0 aliphatic carbocycles. The van der Waals surface area contributed by atoms with Gasteiger partial charge in [0.15, 0.2) is 0 Å². The summed E-state index contributed by atoms with van der Waals surface area (Å²) in [6.07, 6.45) is -3.92. The lowest BCUT2D eigenvalue weighted by atomic mass is 10.1. The van der Waals surface area contributed by atoms with Crippen LogP contribution in [0.4, 0.5) is 18.9 Å². The van der Waals surface area contributed by atoms with Crippen LogP contribution >= 0.6 is 0 Å². The first-order valence-corrected chi connectivity index (χ1v) is 14.9. The van der Waals surface area contributed by atoms with Crippen molar-refractivity contribution in [3.8, 4) is 0 Å². The fourth-order valence-corrected chi connectivity index (χ4v) is 3.91. The van der Waals surface area contributed by atoms with Gasteiger partial charge < -0.3 is 19.9 Å². The van der Waals surface area contributed by atoms with Crippen molar-refractivity contribution in [2.75, 3.05) is 25.1 Å². The Balaban J connectivity index is 2.23. The number of rotatable bonds is 14.